The highest BCUT2D eigenvalue weighted by atomic mass is 32.1. The summed E-state index contributed by atoms with van der Waals surface area (Å²) >= 11 is 1.77. The smallest absolute Gasteiger partial charge is 0.340 e. The summed E-state index contributed by atoms with van der Waals surface area (Å²) in [4.78, 5) is 24.5. The van der Waals surface area contributed by atoms with Crippen molar-refractivity contribution in [1.82, 2.24) is 9.88 Å². The van der Waals surface area contributed by atoms with Crippen molar-refractivity contribution in [3.8, 4) is 11.3 Å². The maximum atomic E-state index is 12.4. The number of hydrogen-bond donors (Lipinski definition) is 0. The molecule has 5 rings (SSSR count). The lowest BCUT2D eigenvalue weighted by Gasteiger charge is -2.27. The molecule has 1 aliphatic carbocycles. The lowest BCUT2D eigenvalue weighted by Crippen LogP contribution is -2.35. The molecular weight excluding hydrogens is 382 g/mol. The summed E-state index contributed by atoms with van der Waals surface area (Å²) in [6, 6.07) is 8.12. The van der Waals surface area contributed by atoms with E-state index in [9.17, 15) is 4.79 Å². The Labute approximate surface area is 175 Å². The number of aliphatic imine (C=N–C) groups is 1. The van der Waals surface area contributed by atoms with Gasteiger partial charge >= 0.3 is 5.97 Å². The number of hydrogen-bond acceptors (Lipinski definition) is 6. The fraction of sp³-hybridized carbons (Fsp3) is 0.522. The third-order valence-corrected chi connectivity index (χ3v) is 7.59. The van der Waals surface area contributed by atoms with E-state index in [4.69, 9.17) is 14.7 Å². The van der Waals surface area contributed by atoms with Gasteiger partial charge in [-0.25, -0.2) is 14.8 Å². The van der Waals surface area contributed by atoms with Crippen LogP contribution in [0.4, 0.5) is 0 Å². The van der Waals surface area contributed by atoms with Gasteiger partial charge in [-0.3, -0.25) is 0 Å². The lowest BCUT2D eigenvalue weighted by atomic mass is 9.83. The van der Waals surface area contributed by atoms with Crippen molar-refractivity contribution in [1.29, 1.82) is 0 Å². The van der Waals surface area contributed by atoms with Crippen LogP contribution >= 0.6 is 11.3 Å². The zero-order valence-corrected chi connectivity index (χ0v) is 17.7. The predicted octanol–water partition coefficient (Wildman–Crippen LogP) is 4.63. The van der Waals surface area contributed by atoms with Crippen molar-refractivity contribution in [3.05, 3.63) is 40.2 Å². The van der Waals surface area contributed by atoms with Crippen LogP contribution < -0.4 is 0 Å². The number of aromatic nitrogens is 1. The summed E-state index contributed by atoms with van der Waals surface area (Å²) in [6.07, 6.45) is 7.28. The number of benzene rings is 1. The molecule has 5 nitrogen and oxygen atoms in total. The van der Waals surface area contributed by atoms with Gasteiger partial charge in [0.05, 0.1) is 10.7 Å². The summed E-state index contributed by atoms with van der Waals surface area (Å²) in [7, 11) is 2.19. The first-order valence-electron chi connectivity index (χ1n) is 10.7. The monoisotopic (exact) mass is 409 g/mol. The number of rotatable bonds is 3. The van der Waals surface area contributed by atoms with E-state index in [1.165, 1.54) is 24.3 Å². The van der Waals surface area contributed by atoms with E-state index in [-0.39, 0.29) is 5.97 Å². The molecule has 2 fully saturated rings. The Balaban J connectivity index is 1.32. The Morgan fingerprint density at radius 3 is 2.48 bits per heavy atom. The van der Waals surface area contributed by atoms with Crippen LogP contribution in [0.1, 0.15) is 61.4 Å². The Bertz CT molecular complexity index is 920. The molecule has 1 saturated carbocycles. The largest absolute Gasteiger partial charge is 0.405 e. The number of likely N-dealkylation sites (tertiary alicyclic amines) is 1. The number of piperidine rings is 1. The van der Waals surface area contributed by atoms with Crippen molar-refractivity contribution < 1.29 is 9.53 Å². The zero-order valence-electron chi connectivity index (χ0n) is 16.9. The molecule has 0 amide bonds. The van der Waals surface area contributed by atoms with Gasteiger partial charge in [0.15, 0.2) is 5.54 Å². The number of nitrogens with zero attached hydrogens (tertiary/aromatic N) is 3. The molecule has 1 aromatic carbocycles. The van der Waals surface area contributed by atoms with Crippen molar-refractivity contribution >= 4 is 23.2 Å². The fourth-order valence-electron chi connectivity index (χ4n) is 4.67. The summed E-state index contributed by atoms with van der Waals surface area (Å²) < 4.78 is 5.57. The van der Waals surface area contributed by atoms with Gasteiger partial charge in [-0.05, 0) is 58.0 Å². The minimum absolute atomic E-state index is 0.168. The summed E-state index contributed by atoms with van der Waals surface area (Å²) in [5.41, 5.74) is 2.38. The number of thiazole rings is 1. The summed E-state index contributed by atoms with van der Waals surface area (Å²) in [5, 5.41) is 3.41. The topological polar surface area (TPSA) is 54.8 Å². The number of cyclic esters (lactones) is 1. The van der Waals surface area contributed by atoms with Gasteiger partial charge in [0, 0.05) is 22.4 Å². The highest BCUT2D eigenvalue weighted by Crippen LogP contribution is 2.37. The Kier molecular flexibility index (Phi) is 5.00. The zero-order chi connectivity index (χ0) is 19.8. The Morgan fingerprint density at radius 1 is 1.07 bits per heavy atom. The fourth-order valence-corrected chi connectivity index (χ4v) is 5.67. The van der Waals surface area contributed by atoms with E-state index in [0.717, 1.165) is 55.6 Å². The van der Waals surface area contributed by atoms with E-state index < -0.39 is 5.54 Å². The molecule has 2 aromatic rings. The third-order valence-electron chi connectivity index (χ3n) is 6.58. The second-order valence-electron chi connectivity index (χ2n) is 8.62. The molecule has 29 heavy (non-hydrogen) atoms. The van der Waals surface area contributed by atoms with Gasteiger partial charge in [-0.15, -0.1) is 11.3 Å². The standard InChI is InChI=1S/C23H27N3O2S/c1-26-13-9-18(10-14-26)21-24-19(15-29-21)16-5-7-17(8-6-16)20-25-23(22(27)28-20)11-3-2-4-12-23/h5-8,15,18H,2-4,9-14H2,1H3. The first-order chi connectivity index (χ1) is 14.1. The second-order valence-corrected chi connectivity index (χ2v) is 9.51. The molecule has 1 saturated heterocycles. The van der Waals surface area contributed by atoms with Crippen molar-refractivity contribution in [3.63, 3.8) is 0 Å². The van der Waals surface area contributed by atoms with Crippen molar-refractivity contribution in [2.24, 2.45) is 4.99 Å². The number of esters is 1. The second kappa shape index (κ2) is 7.65. The minimum Gasteiger partial charge on any atom is -0.405 e. The average molecular weight is 410 g/mol. The normalized spacial score (nSPS) is 22.7. The van der Waals surface area contributed by atoms with Crippen LogP contribution in [0, 0.1) is 0 Å². The Hall–Kier alpha value is -2.05. The number of carbonyl (C=O) groups is 1. The molecule has 6 heteroatoms. The van der Waals surface area contributed by atoms with E-state index in [1.54, 1.807) is 11.3 Å². The van der Waals surface area contributed by atoms with E-state index >= 15 is 0 Å². The van der Waals surface area contributed by atoms with Crippen LogP contribution in [-0.4, -0.2) is 47.4 Å². The maximum Gasteiger partial charge on any atom is 0.340 e. The minimum atomic E-state index is -0.621. The van der Waals surface area contributed by atoms with E-state index in [0.29, 0.717) is 11.8 Å². The first-order valence-corrected chi connectivity index (χ1v) is 11.6. The molecule has 0 bridgehead atoms. The van der Waals surface area contributed by atoms with Crippen LogP contribution in [0.5, 0.6) is 0 Å². The van der Waals surface area contributed by atoms with Crippen LogP contribution in [0.25, 0.3) is 11.3 Å². The molecule has 0 atom stereocenters. The third kappa shape index (κ3) is 3.64. The summed E-state index contributed by atoms with van der Waals surface area (Å²) in [6.45, 7) is 2.30. The molecule has 0 N–H and O–H groups in total. The molecule has 1 spiro atoms. The van der Waals surface area contributed by atoms with E-state index in [2.05, 4.69) is 29.5 Å². The molecule has 1 aromatic heterocycles. The van der Waals surface area contributed by atoms with Crippen LogP contribution in [-0.2, 0) is 9.53 Å². The van der Waals surface area contributed by atoms with E-state index in [1.807, 2.05) is 12.1 Å². The van der Waals surface area contributed by atoms with Gasteiger partial charge in [0.2, 0.25) is 5.90 Å². The molecule has 2 aliphatic heterocycles. The average Bonchev–Trinajstić information content (AvgIpc) is 3.35. The van der Waals surface area contributed by atoms with Gasteiger partial charge < -0.3 is 9.64 Å². The van der Waals surface area contributed by atoms with Gasteiger partial charge in [0.25, 0.3) is 0 Å². The molecule has 0 unspecified atom stereocenters. The molecular formula is C23H27N3O2S. The summed E-state index contributed by atoms with van der Waals surface area (Å²) in [5.74, 6) is 0.899. The maximum absolute atomic E-state index is 12.4. The molecule has 3 aliphatic rings. The highest BCUT2D eigenvalue weighted by molar-refractivity contribution is 7.10. The number of carbonyl (C=O) groups excluding carboxylic acids is 1. The molecule has 3 heterocycles. The quantitative estimate of drug-likeness (QED) is 0.694. The van der Waals surface area contributed by atoms with Gasteiger partial charge in [0.1, 0.15) is 0 Å². The van der Waals surface area contributed by atoms with Crippen LogP contribution in [0.3, 0.4) is 0 Å². The lowest BCUT2D eigenvalue weighted by molar-refractivity contribution is -0.140. The van der Waals surface area contributed by atoms with Crippen LogP contribution in [0.2, 0.25) is 0 Å². The van der Waals surface area contributed by atoms with Crippen molar-refractivity contribution in [2.75, 3.05) is 20.1 Å². The highest BCUT2D eigenvalue weighted by Gasteiger charge is 2.46. The number of ether oxygens (including phenoxy) is 1. The van der Waals surface area contributed by atoms with Crippen molar-refractivity contribution in [2.45, 2.75) is 56.4 Å². The Morgan fingerprint density at radius 2 is 1.76 bits per heavy atom. The molecule has 0 radical (unpaired) electrons. The van der Waals surface area contributed by atoms with Crippen LogP contribution in [0.15, 0.2) is 34.6 Å². The molecule has 152 valence electrons. The first kappa shape index (κ1) is 18.9. The van der Waals surface area contributed by atoms with Gasteiger partial charge in [-0.1, -0.05) is 31.4 Å². The SMILES string of the molecule is CN1CCC(c2nc(-c3ccc(C4=NC5(CCCCC5)C(=O)O4)cc3)cs2)CC1. The predicted molar refractivity (Wildman–Crippen MR) is 115 cm³/mol. The van der Waals surface area contributed by atoms with Gasteiger partial charge in [-0.2, -0.15) is 0 Å².